The van der Waals surface area contributed by atoms with Crippen LogP contribution in [-0.4, -0.2) is 24.1 Å². The Morgan fingerprint density at radius 2 is 1.06 bits per heavy atom. The molecule has 242 valence electrons. The second-order valence-electron chi connectivity index (χ2n) is 12.6. The molecule has 0 saturated heterocycles. The molecule has 3 aromatic heterocycles. The molecule has 0 spiro atoms. The van der Waals surface area contributed by atoms with Crippen molar-refractivity contribution in [1.82, 2.24) is 24.1 Å². The molecule has 5 heteroatoms. The Morgan fingerprint density at radius 3 is 1.71 bits per heavy atom. The van der Waals surface area contributed by atoms with Crippen LogP contribution < -0.4 is 0 Å². The Kier molecular flexibility index (Phi) is 7.44. The molecule has 0 aliphatic heterocycles. The summed E-state index contributed by atoms with van der Waals surface area (Å²) in [6.45, 7) is 5.81. The molecule has 0 amide bonds. The molecule has 5 nitrogen and oxygen atoms in total. The molecule has 9 rings (SSSR count). The Hall–Kier alpha value is -6.85. The van der Waals surface area contributed by atoms with Gasteiger partial charge in [-0.3, -0.25) is 4.57 Å². The first kappa shape index (κ1) is 30.2. The molecule has 0 N–H and O–H groups in total. The largest absolute Gasteiger partial charge is 0.309 e. The van der Waals surface area contributed by atoms with Crippen LogP contribution in [0.4, 0.5) is 0 Å². The van der Waals surface area contributed by atoms with Gasteiger partial charge in [-0.1, -0.05) is 128 Å². The number of hydrogen-bond donors (Lipinski definition) is 0. The predicted octanol–water partition coefficient (Wildman–Crippen LogP) is 11.5. The van der Waals surface area contributed by atoms with Gasteiger partial charge in [0.15, 0.2) is 11.6 Å². The number of para-hydroxylation sites is 3. The van der Waals surface area contributed by atoms with Gasteiger partial charge in [-0.2, -0.15) is 9.97 Å². The molecular formula is C46H33N5. The monoisotopic (exact) mass is 655 g/mol. The normalized spacial score (nSPS) is 12.1. The average Bonchev–Trinajstić information content (AvgIpc) is 3.70. The lowest BCUT2D eigenvalue weighted by Gasteiger charge is -2.11. The van der Waals surface area contributed by atoms with Gasteiger partial charge >= 0.3 is 0 Å². The van der Waals surface area contributed by atoms with E-state index in [1.165, 1.54) is 27.4 Å². The van der Waals surface area contributed by atoms with E-state index in [1.807, 2.05) is 55.5 Å². The molecule has 3 heterocycles. The van der Waals surface area contributed by atoms with Crippen molar-refractivity contribution >= 4 is 49.2 Å². The van der Waals surface area contributed by atoms with Gasteiger partial charge in [0.1, 0.15) is 0 Å². The smallest absolute Gasteiger partial charge is 0.238 e. The minimum Gasteiger partial charge on any atom is -0.309 e. The highest BCUT2D eigenvalue weighted by Gasteiger charge is 2.19. The van der Waals surface area contributed by atoms with E-state index < -0.39 is 0 Å². The lowest BCUT2D eigenvalue weighted by Crippen LogP contribution is -2.07. The van der Waals surface area contributed by atoms with Crippen LogP contribution in [0.25, 0.3) is 83.3 Å². The molecule has 0 aliphatic carbocycles. The van der Waals surface area contributed by atoms with E-state index >= 15 is 0 Å². The van der Waals surface area contributed by atoms with Gasteiger partial charge in [-0.25, -0.2) is 4.98 Å². The van der Waals surface area contributed by atoms with Crippen LogP contribution in [0, 0.1) is 0 Å². The Labute approximate surface area is 295 Å². The van der Waals surface area contributed by atoms with Crippen LogP contribution >= 0.6 is 0 Å². The van der Waals surface area contributed by atoms with Crippen LogP contribution in [0.3, 0.4) is 0 Å². The topological polar surface area (TPSA) is 48.5 Å². The lowest BCUT2D eigenvalue weighted by molar-refractivity contribution is 0.930. The van der Waals surface area contributed by atoms with Gasteiger partial charge in [0.05, 0.1) is 22.1 Å². The van der Waals surface area contributed by atoms with Gasteiger partial charge in [0, 0.05) is 32.8 Å². The highest BCUT2D eigenvalue weighted by molar-refractivity contribution is 6.12. The van der Waals surface area contributed by atoms with Crippen LogP contribution in [0.2, 0.25) is 0 Å². The predicted molar refractivity (Wildman–Crippen MR) is 212 cm³/mol. The van der Waals surface area contributed by atoms with Crippen molar-refractivity contribution in [3.05, 3.63) is 182 Å². The molecule has 9 aromatic rings. The van der Waals surface area contributed by atoms with Gasteiger partial charge in [-0.15, -0.1) is 0 Å². The third-order valence-corrected chi connectivity index (χ3v) is 9.49. The molecule has 51 heavy (non-hydrogen) atoms. The molecular weight excluding hydrogens is 623 g/mol. The van der Waals surface area contributed by atoms with E-state index in [0.717, 1.165) is 44.2 Å². The minimum atomic E-state index is 0.577. The maximum absolute atomic E-state index is 5.07. The zero-order valence-corrected chi connectivity index (χ0v) is 28.1. The number of benzene rings is 6. The molecule has 0 atom stereocenters. The van der Waals surface area contributed by atoms with E-state index in [9.17, 15) is 0 Å². The summed E-state index contributed by atoms with van der Waals surface area (Å²) in [6.07, 6.45) is 7.60. The van der Waals surface area contributed by atoms with Crippen molar-refractivity contribution in [2.45, 2.75) is 6.92 Å². The summed E-state index contributed by atoms with van der Waals surface area (Å²) in [5.74, 6) is 1.83. The number of hydrogen-bond acceptors (Lipinski definition) is 3. The molecule has 0 fully saturated rings. The van der Waals surface area contributed by atoms with E-state index in [0.29, 0.717) is 17.6 Å². The maximum Gasteiger partial charge on any atom is 0.238 e. The van der Waals surface area contributed by atoms with Crippen molar-refractivity contribution in [2.75, 3.05) is 0 Å². The molecule has 0 aliphatic rings. The molecule has 0 saturated carbocycles. The zero-order valence-electron chi connectivity index (χ0n) is 28.1. The van der Waals surface area contributed by atoms with Crippen LogP contribution in [0.15, 0.2) is 176 Å². The number of nitrogens with zero attached hydrogens (tertiary/aromatic N) is 5. The minimum absolute atomic E-state index is 0.577. The summed E-state index contributed by atoms with van der Waals surface area (Å²) in [5.41, 5.74) is 9.79. The number of allylic oxidation sites excluding steroid dienone is 5. The van der Waals surface area contributed by atoms with Gasteiger partial charge < -0.3 is 4.57 Å². The zero-order chi connectivity index (χ0) is 34.3. The number of rotatable bonds is 7. The molecule has 6 aromatic carbocycles. The summed E-state index contributed by atoms with van der Waals surface area (Å²) < 4.78 is 4.51. The van der Waals surface area contributed by atoms with Crippen molar-refractivity contribution in [3.8, 4) is 34.2 Å². The highest BCUT2D eigenvalue weighted by atomic mass is 15.2. The lowest BCUT2D eigenvalue weighted by atomic mass is 10.0. The fraction of sp³-hybridized carbons (Fsp3) is 0.0217. The summed E-state index contributed by atoms with van der Waals surface area (Å²) >= 11 is 0. The van der Waals surface area contributed by atoms with E-state index in [-0.39, 0.29) is 0 Å². The Balaban J connectivity index is 1.23. The fourth-order valence-corrected chi connectivity index (χ4v) is 7.09. The summed E-state index contributed by atoms with van der Waals surface area (Å²) in [6, 6.07) is 51.3. The Bertz CT molecular complexity index is 2820. The third kappa shape index (κ3) is 5.23. The second-order valence-corrected chi connectivity index (χ2v) is 12.6. The van der Waals surface area contributed by atoms with Crippen LogP contribution in [0.5, 0.6) is 0 Å². The summed E-state index contributed by atoms with van der Waals surface area (Å²) in [5, 5.41) is 4.74. The van der Waals surface area contributed by atoms with Gasteiger partial charge in [0.25, 0.3) is 0 Å². The quantitative estimate of drug-likeness (QED) is 0.161. The molecule has 0 bridgehead atoms. The Morgan fingerprint density at radius 1 is 0.510 bits per heavy atom. The first-order valence-corrected chi connectivity index (χ1v) is 17.1. The van der Waals surface area contributed by atoms with Crippen LogP contribution in [-0.2, 0) is 0 Å². The second kappa shape index (κ2) is 12.6. The van der Waals surface area contributed by atoms with Crippen molar-refractivity contribution in [2.24, 2.45) is 0 Å². The van der Waals surface area contributed by atoms with E-state index in [2.05, 4.69) is 131 Å². The first-order valence-electron chi connectivity index (χ1n) is 17.1. The van der Waals surface area contributed by atoms with Crippen molar-refractivity contribution in [1.29, 1.82) is 0 Å². The number of fused-ring (bicyclic) bond motifs is 6. The number of aromatic nitrogens is 5. The van der Waals surface area contributed by atoms with E-state index in [4.69, 9.17) is 15.0 Å². The summed E-state index contributed by atoms with van der Waals surface area (Å²) in [7, 11) is 0. The van der Waals surface area contributed by atoms with Crippen LogP contribution in [0.1, 0.15) is 12.7 Å². The van der Waals surface area contributed by atoms with Gasteiger partial charge in [0.2, 0.25) is 5.95 Å². The van der Waals surface area contributed by atoms with Gasteiger partial charge in [-0.05, 0) is 72.2 Å². The summed E-state index contributed by atoms with van der Waals surface area (Å²) in [4.78, 5) is 15.0. The third-order valence-electron chi connectivity index (χ3n) is 9.49. The SMILES string of the molecule is C=C/C=C\C=C(/C)c1nc(-c2ccccc2)nc(-n2c3ccccc3c3cc(-c4ccc5c(c4)c4ccccc4n5-c4ccccc4)ccc32)n1. The average molecular weight is 656 g/mol. The van der Waals surface area contributed by atoms with E-state index in [1.54, 1.807) is 6.08 Å². The highest BCUT2D eigenvalue weighted by Crippen LogP contribution is 2.38. The molecule has 0 radical (unpaired) electrons. The standard InChI is InChI=1S/C46H33N5/c1-3-4-7-16-31(2)44-47-45(32-17-8-5-9-18-32)49-46(48-44)51-41-24-15-13-22-37(41)39-30-34(26-28-43(39)51)33-25-27-42-38(29-33)36-21-12-14-23-40(36)50(42)35-19-10-6-11-20-35/h3-30H,1H2,2H3/b7-4-,31-16+. The maximum atomic E-state index is 5.07. The van der Waals surface area contributed by atoms with Crippen molar-refractivity contribution < 1.29 is 0 Å². The van der Waals surface area contributed by atoms with Crippen molar-refractivity contribution in [3.63, 3.8) is 0 Å². The fourth-order valence-electron chi connectivity index (χ4n) is 7.09. The molecule has 0 unspecified atom stereocenters. The first-order chi connectivity index (χ1) is 25.2.